The predicted molar refractivity (Wildman–Crippen MR) is 67.9 cm³/mol. The maximum Gasteiger partial charge on any atom is 0.338 e. The van der Waals surface area contributed by atoms with E-state index in [4.69, 9.17) is 15.6 Å². The van der Waals surface area contributed by atoms with E-state index in [0.29, 0.717) is 24.2 Å². The van der Waals surface area contributed by atoms with Crippen molar-refractivity contribution in [2.75, 3.05) is 12.3 Å². The fourth-order valence-corrected chi connectivity index (χ4v) is 1.88. The van der Waals surface area contributed by atoms with Gasteiger partial charge in [0.2, 0.25) is 0 Å². The standard InChI is InChI=1S/C13H17NO4/c1-4-5-18-13(17)10-7(2)6-9(14)11(8(10)3)12(15)16/h6H,4-5,14H2,1-3H3,(H,15,16). The molecule has 0 aliphatic rings. The van der Waals surface area contributed by atoms with E-state index in [1.807, 2.05) is 6.92 Å². The van der Waals surface area contributed by atoms with Crippen molar-refractivity contribution in [2.24, 2.45) is 0 Å². The van der Waals surface area contributed by atoms with E-state index in [0.717, 1.165) is 0 Å². The molecule has 0 bridgehead atoms. The highest BCUT2D eigenvalue weighted by Crippen LogP contribution is 2.25. The molecule has 0 unspecified atom stereocenters. The smallest absolute Gasteiger partial charge is 0.338 e. The van der Waals surface area contributed by atoms with Gasteiger partial charge in [0.25, 0.3) is 0 Å². The summed E-state index contributed by atoms with van der Waals surface area (Å²) in [6.07, 6.45) is 0.713. The van der Waals surface area contributed by atoms with Crippen LogP contribution in [0.5, 0.6) is 0 Å². The molecule has 0 saturated carbocycles. The molecule has 1 aromatic rings. The van der Waals surface area contributed by atoms with Crippen LogP contribution >= 0.6 is 0 Å². The summed E-state index contributed by atoms with van der Waals surface area (Å²) >= 11 is 0. The number of aromatic carboxylic acids is 1. The molecule has 1 rings (SSSR count). The molecule has 0 saturated heterocycles. The Morgan fingerprint density at radius 1 is 1.33 bits per heavy atom. The van der Waals surface area contributed by atoms with Gasteiger partial charge in [-0.05, 0) is 37.5 Å². The normalized spacial score (nSPS) is 10.2. The van der Waals surface area contributed by atoms with Crippen molar-refractivity contribution in [1.82, 2.24) is 0 Å². The lowest BCUT2D eigenvalue weighted by atomic mass is 9.96. The van der Waals surface area contributed by atoms with Gasteiger partial charge in [0.05, 0.1) is 17.7 Å². The summed E-state index contributed by atoms with van der Waals surface area (Å²) in [7, 11) is 0. The Morgan fingerprint density at radius 3 is 2.44 bits per heavy atom. The van der Waals surface area contributed by atoms with E-state index in [1.165, 1.54) is 6.07 Å². The average Bonchev–Trinajstić information content (AvgIpc) is 2.24. The first kappa shape index (κ1) is 14.0. The topological polar surface area (TPSA) is 89.6 Å². The number of rotatable bonds is 4. The number of carboxylic acid groups (broad SMARTS) is 1. The van der Waals surface area contributed by atoms with Gasteiger partial charge in [-0.3, -0.25) is 0 Å². The molecular formula is C13H17NO4. The number of ether oxygens (including phenoxy) is 1. The Hall–Kier alpha value is -2.04. The Balaban J connectivity index is 3.31. The maximum atomic E-state index is 11.9. The van der Waals surface area contributed by atoms with Gasteiger partial charge in [0, 0.05) is 5.69 Å². The molecule has 98 valence electrons. The van der Waals surface area contributed by atoms with Crippen LogP contribution in [0.2, 0.25) is 0 Å². The molecule has 0 aliphatic heterocycles. The highest BCUT2D eigenvalue weighted by molar-refractivity contribution is 6.02. The first-order chi connectivity index (χ1) is 8.40. The van der Waals surface area contributed by atoms with Crippen molar-refractivity contribution in [2.45, 2.75) is 27.2 Å². The third-order valence-corrected chi connectivity index (χ3v) is 2.66. The average molecular weight is 251 g/mol. The zero-order chi connectivity index (χ0) is 13.9. The van der Waals surface area contributed by atoms with Crippen molar-refractivity contribution in [3.8, 4) is 0 Å². The summed E-state index contributed by atoms with van der Waals surface area (Å²) < 4.78 is 5.04. The number of nitrogens with two attached hydrogens (primary N) is 1. The number of benzene rings is 1. The highest BCUT2D eigenvalue weighted by atomic mass is 16.5. The minimum absolute atomic E-state index is 0.0379. The van der Waals surface area contributed by atoms with E-state index in [-0.39, 0.29) is 16.8 Å². The van der Waals surface area contributed by atoms with E-state index >= 15 is 0 Å². The minimum atomic E-state index is -1.14. The molecule has 0 amide bonds. The number of carbonyl (C=O) groups excluding carboxylic acids is 1. The summed E-state index contributed by atoms with van der Waals surface area (Å²) in [6, 6.07) is 1.49. The van der Waals surface area contributed by atoms with Crippen LogP contribution in [0.1, 0.15) is 45.2 Å². The Bertz CT molecular complexity index is 494. The Kier molecular flexibility index (Phi) is 4.31. The molecule has 18 heavy (non-hydrogen) atoms. The second-order valence-electron chi connectivity index (χ2n) is 4.10. The van der Waals surface area contributed by atoms with Crippen molar-refractivity contribution in [3.63, 3.8) is 0 Å². The van der Waals surface area contributed by atoms with Gasteiger partial charge in [0.15, 0.2) is 0 Å². The van der Waals surface area contributed by atoms with Crippen molar-refractivity contribution >= 4 is 17.6 Å². The fourth-order valence-electron chi connectivity index (χ4n) is 1.88. The third kappa shape index (κ3) is 2.61. The van der Waals surface area contributed by atoms with Gasteiger partial charge in [-0.15, -0.1) is 0 Å². The summed E-state index contributed by atoms with van der Waals surface area (Å²) in [4.78, 5) is 23.0. The molecule has 5 nitrogen and oxygen atoms in total. The molecule has 1 aromatic carbocycles. The van der Waals surface area contributed by atoms with Crippen molar-refractivity contribution in [3.05, 3.63) is 28.3 Å². The van der Waals surface area contributed by atoms with Gasteiger partial charge in [0.1, 0.15) is 0 Å². The van der Waals surface area contributed by atoms with Crippen LogP contribution < -0.4 is 5.73 Å². The monoisotopic (exact) mass is 251 g/mol. The molecule has 0 aliphatic carbocycles. The third-order valence-electron chi connectivity index (χ3n) is 2.66. The summed E-state index contributed by atoms with van der Waals surface area (Å²) in [5.41, 5.74) is 7.04. The number of hydrogen-bond acceptors (Lipinski definition) is 4. The molecule has 0 radical (unpaired) electrons. The molecule has 0 spiro atoms. The van der Waals surface area contributed by atoms with E-state index < -0.39 is 11.9 Å². The molecule has 5 heteroatoms. The van der Waals surface area contributed by atoms with Crippen LogP contribution in [0.25, 0.3) is 0 Å². The highest BCUT2D eigenvalue weighted by Gasteiger charge is 2.21. The second-order valence-corrected chi connectivity index (χ2v) is 4.10. The zero-order valence-electron chi connectivity index (χ0n) is 10.7. The number of aryl methyl sites for hydroxylation is 1. The molecule has 3 N–H and O–H groups in total. The Morgan fingerprint density at radius 2 is 1.94 bits per heavy atom. The number of nitrogen functional groups attached to an aromatic ring is 1. The summed E-state index contributed by atoms with van der Waals surface area (Å²) in [5.74, 6) is -1.65. The first-order valence-electron chi connectivity index (χ1n) is 5.70. The maximum absolute atomic E-state index is 11.9. The van der Waals surface area contributed by atoms with Crippen LogP contribution in [0, 0.1) is 13.8 Å². The van der Waals surface area contributed by atoms with Gasteiger partial charge < -0.3 is 15.6 Å². The molecular weight excluding hydrogens is 234 g/mol. The molecule has 0 atom stereocenters. The lowest BCUT2D eigenvalue weighted by Crippen LogP contribution is -2.15. The number of carboxylic acids is 1. The van der Waals surface area contributed by atoms with Crippen LogP contribution in [-0.2, 0) is 4.74 Å². The number of anilines is 1. The number of esters is 1. The quantitative estimate of drug-likeness (QED) is 0.632. The van der Waals surface area contributed by atoms with Crippen LogP contribution in [0.4, 0.5) is 5.69 Å². The number of carbonyl (C=O) groups is 2. The molecule has 0 heterocycles. The van der Waals surface area contributed by atoms with Gasteiger partial charge in [-0.2, -0.15) is 0 Å². The minimum Gasteiger partial charge on any atom is -0.478 e. The second kappa shape index (κ2) is 5.53. The van der Waals surface area contributed by atoms with Gasteiger partial charge in [-0.1, -0.05) is 6.92 Å². The van der Waals surface area contributed by atoms with Gasteiger partial charge in [-0.25, -0.2) is 9.59 Å². The first-order valence-corrected chi connectivity index (χ1v) is 5.70. The largest absolute Gasteiger partial charge is 0.478 e. The summed E-state index contributed by atoms with van der Waals surface area (Å²) in [5, 5.41) is 9.09. The van der Waals surface area contributed by atoms with Crippen molar-refractivity contribution in [1.29, 1.82) is 0 Å². The van der Waals surface area contributed by atoms with E-state index in [9.17, 15) is 9.59 Å². The van der Waals surface area contributed by atoms with E-state index in [2.05, 4.69) is 0 Å². The molecule has 0 aromatic heterocycles. The van der Waals surface area contributed by atoms with Crippen LogP contribution in [-0.4, -0.2) is 23.7 Å². The van der Waals surface area contributed by atoms with E-state index in [1.54, 1.807) is 13.8 Å². The number of hydrogen-bond donors (Lipinski definition) is 2. The predicted octanol–water partition coefficient (Wildman–Crippen LogP) is 2.15. The fraction of sp³-hybridized carbons (Fsp3) is 0.385. The molecule has 0 fully saturated rings. The van der Waals surface area contributed by atoms with Crippen molar-refractivity contribution < 1.29 is 19.4 Å². The zero-order valence-corrected chi connectivity index (χ0v) is 10.7. The van der Waals surface area contributed by atoms with Gasteiger partial charge >= 0.3 is 11.9 Å². The lowest BCUT2D eigenvalue weighted by Gasteiger charge is -2.13. The summed E-state index contributed by atoms with van der Waals surface area (Å²) in [6.45, 7) is 5.47. The SMILES string of the molecule is CCCOC(=O)c1c(C)cc(N)c(C(=O)O)c1C. The van der Waals surface area contributed by atoms with Crippen LogP contribution in [0.3, 0.4) is 0 Å². The van der Waals surface area contributed by atoms with Crippen LogP contribution in [0.15, 0.2) is 6.07 Å². The lowest BCUT2D eigenvalue weighted by molar-refractivity contribution is 0.0503. The Labute approximate surface area is 106 Å².